The summed E-state index contributed by atoms with van der Waals surface area (Å²) >= 11 is 2.82. The summed E-state index contributed by atoms with van der Waals surface area (Å²) in [6, 6.07) is 13.1. The Labute approximate surface area is 228 Å². The van der Waals surface area contributed by atoms with Gasteiger partial charge in [-0.3, -0.25) is 14.2 Å². The Hall–Kier alpha value is -3.63. The van der Waals surface area contributed by atoms with Crippen LogP contribution >= 0.6 is 23.1 Å². The maximum atomic E-state index is 13.8. The molecule has 0 atom stereocenters. The summed E-state index contributed by atoms with van der Waals surface area (Å²) in [5.41, 5.74) is 6.15. The number of rotatable bonds is 8. The molecule has 38 heavy (non-hydrogen) atoms. The molecule has 2 heterocycles. The second-order valence-corrected chi connectivity index (χ2v) is 11.0. The number of carbonyl (C=O) groups is 1. The first kappa shape index (κ1) is 26.0. The molecule has 2 aromatic carbocycles. The minimum Gasteiger partial charge on any atom is -0.497 e. The van der Waals surface area contributed by atoms with Crippen molar-refractivity contribution in [3.05, 3.63) is 74.4 Å². The van der Waals surface area contributed by atoms with E-state index in [1.807, 2.05) is 31.2 Å². The van der Waals surface area contributed by atoms with Crippen LogP contribution in [0.4, 0.5) is 0 Å². The molecule has 1 aliphatic rings. The number of carbonyl (C=O) groups excluding carboxylic acids is 1. The maximum Gasteiger partial charge on any atom is 0.267 e. The number of ether oxygens (including phenoxy) is 2. The van der Waals surface area contributed by atoms with E-state index in [4.69, 9.17) is 14.5 Å². The monoisotopic (exact) mass is 548 g/mol. The highest BCUT2D eigenvalue weighted by Gasteiger charge is 2.23. The Morgan fingerprint density at radius 1 is 1.16 bits per heavy atom. The highest BCUT2D eigenvalue weighted by molar-refractivity contribution is 7.99. The van der Waals surface area contributed by atoms with Crippen molar-refractivity contribution in [3.8, 4) is 17.2 Å². The number of benzene rings is 2. The number of thioether (sulfide) groups is 1. The van der Waals surface area contributed by atoms with E-state index in [0.29, 0.717) is 22.2 Å². The average Bonchev–Trinajstić information content (AvgIpc) is 3.31. The van der Waals surface area contributed by atoms with Crippen molar-refractivity contribution < 1.29 is 14.3 Å². The third-order valence-corrected chi connectivity index (χ3v) is 8.54. The van der Waals surface area contributed by atoms with Crippen molar-refractivity contribution >= 4 is 45.4 Å². The molecular weight excluding hydrogens is 520 g/mol. The first-order valence-electron chi connectivity index (χ1n) is 12.3. The molecule has 4 aromatic rings. The molecule has 0 fully saturated rings. The molecule has 10 heteroatoms. The molecule has 0 bridgehead atoms. The van der Waals surface area contributed by atoms with Gasteiger partial charge < -0.3 is 9.47 Å². The zero-order valence-electron chi connectivity index (χ0n) is 21.4. The lowest BCUT2D eigenvalue weighted by Gasteiger charge is -2.13. The van der Waals surface area contributed by atoms with Gasteiger partial charge in [0, 0.05) is 16.5 Å². The van der Waals surface area contributed by atoms with Crippen LogP contribution in [0.1, 0.15) is 34.4 Å². The summed E-state index contributed by atoms with van der Waals surface area (Å²) in [6.45, 7) is 2.01. The van der Waals surface area contributed by atoms with E-state index < -0.39 is 0 Å². The van der Waals surface area contributed by atoms with Gasteiger partial charge in [0.15, 0.2) is 5.16 Å². The van der Waals surface area contributed by atoms with Gasteiger partial charge >= 0.3 is 0 Å². The Morgan fingerprint density at radius 2 is 1.95 bits per heavy atom. The lowest BCUT2D eigenvalue weighted by atomic mass is 9.97. The van der Waals surface area contributed by atoms with E-state index in [1.54, 1.807) is 48.3 Å². The van der Waals surface area contributed by atoms with E-state index in [-0.39, 0.29) is 17.2 Å². The highest BCUT2D eigenvalue weighted by atomic mass is 32.2. The lowest BCUT2D eigenvalue weighted by Crippen LogP contribution is -2.24. The fourth-order valence-electron chi connectivity index (χ4n) is 4.47. The molecule has 2 aromatic heterocycles. The van der Waals surface area contributed by atoms with E-state index in [2.05, 4.69) is 10.5 Å². The third-order valence-electron chi connectivity index (χ3n) is 6.42. The summed E-state index contributed by atoms with van der Waals surface area (Å²) < 4.78 is 12.2. The normalized spacial score (nSPS) is 13.0. The number of aryl methyl sites for hydroxylation is 3. The van der Waals surface area contributed by atoms with E-state index in [1.165, 1.54) is 22.9 Å². The van der Waals surface area contributed by atoms with Gasteiger partial charge in [0.1, 0.15) is 16.3 Å². The number of fused-ring (bicyclic) bond motifs is 3. The summed E-state index contributed by atoms with van der Waals surface area (Å²) in [5.74, 6) is 0.977. The van der Waals surface area contributed by atoms with Crippen molar-refractivity contribution in [3.63, 3.8) is 0 Å². The van der Waals surface area contributed by atoms with Gasteiger partial charge in [0.25, 0.3) is 11.5 Å². The Bertz CT molecular complexity index is 1570. The average molecular weight is 549 g/mol. The van der Waals surface area contributed by atoms with Crippen LogP contribution in [0.2, 0.25) is 0 Å². The Morgan fingerprint density at radius 3 is 2.71 bits per heavy atom. The summed E-state index contributed by atoms with van der Waals surface area (Å²) in [7, 11) is 3.14. The second-order valence-electron chi connectivity index (χ2n) is 8.95. The van der Waals surface area contributed by atoms with Crippen LogP contribution in [0.5, 0.6) is 11.5 Å². The van der Waals surface area contributed by atoms with Crippen LogP contribution < -0.4 is 20.5 Å². The topological polar surface area (TPSA) is 94.8 Å². The van der Waals surface area contributed by atoms with Crippen molar-refractivity contribution in [1.29, 1.82) is 0 Å². The number of methoxy groups -OCH3 is 2. The number of amides is 1. The molecule has 1 aliphatic carbocycles. The van der Waals surface area contributed by atoms with Gasteiger partial charge in [-0.2, -0.15) is 5.10 Å². The number of nitrogens with one attached hydrogen (secondary N) is 1. The van der Waals surface area contributed by atoms with E-state index in [9.17, 15) is 9.59 Å². The number of hydrogen-bond acceptors (Lipinski definition) is 8. The first-order valence-corrected chi connectivity index (χ1v) is 14.1. The van der Waals surface area contributed by atoms with Gasteiger partial charge in [-0.15, -0.1) is 11.3 Å². The molecule has 0 unspecified atom stereocenters. The van der Waals surface area contributed by atoms with E-state index >= 15 is 0 Å². The fourth-order valence-corrected chi connectivity index (χ4v) is 6.57. The summed E-state index contributed by atoms with van der Waals surface area (Å²) in [4.78, 5) is 33.4. The standard InChI is InChI=1S/C28H28N4O4S2/c1-17-8-11-19(12-9-17)32-27(34)25-21-6-4-5-7-23(21)38-26(25)30-28(32)37-16-24(33)31-29-15-18-10-13-20(35-2)14-22(18)36-3/h8-15H,4-7,16H2,1-3H3,(H,31,33). The smallest absolute Gasteiger partial charge is 0.267 e. The molecule has 0 saturated carbocycles. The van der Waals surface area contributed by atoms with Crippen LogP contribution in [0, 0.1) is 6.92 Å². The minimum atomic E-state index is -0.311. The molecule has 196 valence electrons. The van der Waals surface area contributed by atoms with E-state index in [0.717, 1.165) is 52.7 Å². The molecule has 1 amide bonds. The minimum absolute atomic E-state index is 0.0476. The lowest BCUT2D eigenvalue weighted by molar-refractivity contribution is -0.118. The third kappa shape index (κ3) is 5.32. The number of nitrogens with zero attached hydrogens (tertiary/aromatic N) is 3. The maximum absolute atomic E-state index is 13.8. The number of hydrogen-bond donors (Lipinski definition) is 1. The van der Waals surface area contributed by atoms with Crippen LogP contribution in [-0.2, 0) is 17.6 Å². The van der Waals surface area contributed by atoms with Crippen LogP contribution in [0.15, 0.2) is 57.5 Å². The number of aromatic nitrogens is 2. The molecule has 0 radical (unpaired) electrons. The largest absolute Gasteiger partial charge is 0.497 e. The Kier molecular flexibility index (Phi) is 7.80. The zero-order valence-corrected chi connectivity index (χ0v) is 23.1. The molecule has 0 spiro atoms. The van der Waals surface area contributed by atoms with Gasteiger partial charge in [0.2, 0.25) is 0 Å². The summed E-state index contributed by atoms with van der Waals surface area (Å²) in [6.07, 6.45) is 5.64. The fraction of sp³-hybridized carbons (Fsp3) is 0.286. The second kappa shape index (κ2) is 11.4. The van der Waals surface area contributed by atoms with Crippen molar-refractivity contribution in [2.45, 2.75) is 37.8 Å². The summed E-state index contributed by atoms with van der Waals surface area (Å²) in [5, 5.41) is 5.28. The van der Waals surface area contributed by atoms with Gasteiger partial charge in [-0.25, -0.2) is 10.4 Å². The SMILES string of the molecule is COc1ccc(C=NNC(=O)CSc2nc3sc4c(c3c(=O)n2-c2ccc(C)cc2)CCCC4)c(OC)c1. The van der Waals surface area contributed by atoms with Gasteiger partial charge in [0.05, 0.1) is 37.3 Å². The zero-order chi connectivity index (χ0) is 26.6. The molecular formula is C28H28N4O4S2. The molecule has 0 aliphatic heterocycles. The molecule has 5 rings (SSSR count). The highest BCUT2D eigenvalue weighted by Crippen LogP contribution is 2.35. The predicted molar refractivity (Wildman–Crippen MR) is 153 cm³/mol. The Balaban J connectivity index is 1.39. The molecule has 0 saturated heterocycles. The van der Waals surface area contributed by atoms with Crippen molar-refractivity contribution in [2.24, 2.45) is 5.10 Å². The molecule has 1 N–H and O–H groups in total. The van der Waals surface area contributed by atoms with Crippen molar-refractivity contribution in [1.82, 2.24) is 15.0 Å². The van der Waals surface area contributed by atoms with Gasteiger partial charge in [-0.1, -0.05) is 29.5 Å². The van der Waals surface area contributed by atoms with Crippen LogP contribution in [0.3, 0.4) is 0 Å². The first-order chi connectivity index (χ1) is 18.5. The number of hydrazone groups is 1. The van der Waals surface area contributed by atoms with Crippen molar-refractivity contribution in [2.75, 3.05) is 20.0 Å². The molecule has 8 nitrogen and oxygen atoms in total. The van der Waals surface area contributed by atoms with Gasteiger partial charge in [-0.05, 0) is 62.4 Å². The van der Waals surface area contributed by atoms with Crippen LogP contribution in [-0.4, -0.2) is 41.6 Å². The van der Waals surface area contributed by atoms with Crippen LogP contribution in [0.25, 0.3) is 15.9 Å². The quantitative estimate of drug-likeness (QED) is 0.146. The number of thiophene rings is 1. The predicted octanol–water partition coefficient (Wildman–Crippen LogP) is 4.89.